The number of carbonyl (C=O) groups is 2. The molecule has 1 aliphatic heterocycles. The summed E-state index contributed by atoms with van der Waals surface area (Å²) in [5, 5.41) is 2.94. The molecule has 2 N–H and O–H groups in total. The molecule has 0 aliphatic carbocycles. The largest absolute Gasteiger partial charge is 0.496 e. The highest BCUT2D eigenvalue weighted by Crippen LogP contribution is 2.18. The SMILES string of the molecule is COc1ccccc1C(=O)N[C@H](C(=O)N1CC[NH+](Cc2cccc(C)c2)CC1)C(C)C. The molecule has 1 aliphatic rings. The van der Waals surface area contributed by atoms with Crippen molar-refractivity contribution >= 4 is 11.8 Å². The molecular weight excluding hydrogens is 390 g/mol. The van der Waals surface area contributed by atoms with E-state index in [9.17, 15) is 9.59 Å². The van der Waals surface area contributed by atoms with E-state index in [2.05, 4.69) is 36.5 Å². The second-order valence-electron chi connectivity index (χ2n) is 8.64. The fraction of sp³-hybridized carbons (Fsp3) is 0.440. The lowest BCUT2D eigenvalue weighted by Crippen LogP contribution is -3.13. The van der Waals surface area contributed by atoms with Crippen LogP contribution < -0.4 is 15.0 Å². The summed E-state index contributed by atoms with van der Waals surface area (Å²) in [7, 11) is 1.54. The van der Waals surface area contributed by atoms with Gasteiger partial charge in [-0.05, 0) is 25.0 Å². The fourth-order valence-electron chi connectivity index (χ4n) is 4.09. The Balaban J connectivity index is 1.60. The van der Waals surface area contributed by atoms with Crippen LogP contribution in [0.1, 0.15) is 35.3 Å². The summed E-state index contributed by atoms with van der Waals surface area (Å²) < 4.78 is 5.29. The maximum absolute atomic E-state index is 13.2. The predicted molar refractivity (Wildman–Crippen MR) is 121 cm³/mol. The van der Waals surface area contributed by atoms with Crippen molar-refractivity contribution in [1.29, 1.82) is 0 Å². The molecule has 0 radical (unpaired) electrons. The summed E-state index contributed by atoms with van der Waals surface area (Å²) in [6.45, 7) is 10.2. The predicted octanol–water partition coefficient (Wildman–Crippen LogP) is 1.69. The third-order valence-corrected chi connectivity index (χ3v) is 5.89. The third kappa shape index (κ3) is 5.85. The fourth-order valence-corrected chi connectivity index (χ4v) is 4.09. The molecule has 0 aromatic heterocycles. The molecule has 0 unspecified atom stereocenters. The first-order chi connectivity index (χ1) is 14.9. The van der Waals surface area contributed by atoms with E-state index in [1.54, 1.807) is 18.2 Å². The van der Waals surface area contributed by atoms with Crippen molar-refractivity contribution in [2.24, 2.45) is 5.92 Å². The van der Waals surface area contributed by atoms with E-state index in [-0.39, 0.29) is 17.7 Å². The molecule has 1 fully saturated rings. The second kappa shape index (κ2) is 10.4. The number of quaternary nitrogens is 1. The Morgan fingerprint density at radius 1 is 1.10 bits per heavy atom. The van der Waals surface area contributed by atoms with E-state index >= 15 is 0 Å². The molecular formula is C25H34N3O3+. The molecule has 1 atom stereocenters. The van der Waals surface area contributed by atoms with Crippen molar-refractivity contribution in [3.05, 3.63) is 65.2 Å². The van der Waals surface area contributed by atoms with Crippen LogP contribution in [0.5, 0.6) is 5.75 Å². The van der Waals surface area contributed by atoms with Gasteiger partial charge in [0.05, 0.1) is 38.9 Å². The molecule has 166 valence electrons. The van der Waals surface area contributed by atoms with Crippen LogP contribution in [0.2, 0.25) is 0 Å². The number of rotatable bonds is 7. The van der Waals surface area contributed by atoms with E-state index < -0.39 is 6.04 Å². The normalized spacial score (nSPS) is 15.6. The average Bonchev–Trinajstić information content (AvgIpc) is 2.77. The van der Waals surface area contributed by atoms with Crippen LogP contribution in [0.3, 0.4) is 0 Å². The van der Waals surface area contributed by atoms with Crippen LogP contribution in [-0.4, -0.2) is 56.0 Å². The molecule has 0 saturated carbocycles. The van der Waals surface area contributed by atoms with Gasteiger partial charge in [0.15, 0.2) is 0 Å². The molecule has 2 amide bonds. The number of hydrogen-bond donors (Lipinski definition) is 2. The number of carbonyl (C=O) groups excluding carboxylic acids is 2. The number of methoxy groups -OCH3 is 1. The number of benzene rings is 2. The standard InChI is InChI=1S/C25H33N3O3/c1-18(2)23(26-24(29)21-10-5-6-11-22(21)31-4)25(30)28-14-12-27(13-15-28)17-20-9-7-8-19(3)16-20/h5-11,16,18,23H,12-15,17H2,1-4H3,(H,26,29)/p+1/t23-/m0/s1. The van der Waals surface area contributed by atoms with Crippen LogP contribution in [0.25, 0.3) is 0 Å². The molecule has 6 heteroatoms. The van der Waals surface area contributed by atoms with Gasteiger partial charge in [-0.3, -0.25) is 9.59 Å². The summed E-state index contributed by atoms with van der Waals surface area (Å²) in [6, 6.07) is 15.1. The highest BCUT2D eigenvalue weighted by molar-refractivity contribution is 5.99. The van der Waals surface area contributed by atoms with Gasteiger partial charge in [0, 0.05) is 5.56 Å². The second-order valence-corrected chi connectivity index (χ2v) is 8.64. The van der Waals surface area contributed by atoms with Crippen LogP contribution >= 0.6 is 0 Å². The lowest BCUT2D eigenvalue weighted by Gasteiger charge is -2.35. The van der Waals surface area contributed by atoms with Crippen LogP contribution in [0, 0.1) is 12.8 Å². The van der Waals surface area contributed by atoms with Crippen molar-refractivity contribution in [3.63, 3.8) is 0 Å². The van der Waals surface area contributed by atoms with Gasteiger partial charge >= 0.3 is 0 Å². The van der Waals surface area contributed by atoms with E-state index in [0.29, 0.717) is 24.4 Å². The van der Waals surface area contributed by atoms with E-state index in [1.165, 1.54) is 23.1 Å². The molecule has 1 saturated heterocycles. The zero-order valence-corrected chi connectivity index (χ0v) is 19.0. The monoisotopic (exact) mass is 424 g/mol. The first kappa shape index (κ1) is 22.8. The number of nitrogens with zero attached hydrogens (tertiary/aromatic N) is 1. The quantitative estimate of drug-likeness (QED) is 0.711. The number of aryl methyl sites for hydroxylation is 1. The summed E-state index contributed by atoms with van der Waals surface area (Å²) in [6.07, 6.45) is 0. The topological polar surface area (TPSA) is 63.1 Å². The van der Waals surface area contributed by atoms with Gasteiger partial charge in [-0.15, -0.1) is 0 Å². The van der Waals surface area contributed by atoms with Crippen molar-refractivity contribution in [2.75, 3.05) is 33.3 Å². The summed E-state index contributed by atoms with van der Waals surface area (Å²) in [5.41, 5.74) is 3.05. The average molecular weight is 425 g/mol. The van der Waals surface area contributed by atoms with Gasteiger partial charge < -0.3 is 19.9 Å². The molecule has 2 aromatic rings. The van der Waals surface area contributed by atoms with E-state index in [0.717, 1.165) is 19.6 Å². The Kier molecular flexibility index (Phi) is 7.69. The van der Waals surface area contributed by atoms with E-state index in [1.807, 2.05) is 24.8 Å². The number of hydrogen-bond acceptors (Lipinski definition) is 3. The lowest BCUT2D eigenvalue weighted by atomic mass is 10.0. The highest BCUT2D eigenvalue weighted by Gasteiger charge is 2.32. The molecule has 1 heterocycles. The van der Waals surface area contributed by atoms with E-state index in [4.69, 9.17) is 4.74 Å². The van der Waals surface area contributed by atoms with Crippen molar-refractivity contribution in [3.8, 4) is 5.75 Å². The molecule has 2 aromatic carbocycles. The smallest absolute Gasteiger partial charge is 0.255 e. The van der Waals surface area contributed by atoms with Gasteiger partial charge in [0.1, 0.15) is 18.3 Å². The summed E-state index contributed by atoms with van der Waals surface area (Å²) in [4.78, 5) is 29.5. The minimum atomic E-state index is -0.560. The summed E-state index contributed by atoms with van der Waals surface area (Å²) in [5.74, 6) is 0.202. The Labute approximate surface area is 185 Å². The number of piperazine rings is 1. The van der Waals surface area contributed by atoms with Gasteiger partial charge in [0.25, 0.3) is 5.91 Å². The molecule has 0 spiro atoms. The third-order valence-electron chi connectivity index (χ3n) is 5.89. The maximum Gasteiger partial charge on any atom is 0.255 e. The Hall–Kier alpha value is -2.86. The lowest BCUT2D eigenvalue weighted by molar-refractivity contribution is -0.917. The number of para-hydroxylation sites is 1. The van der Waals surface area contributed by atoms with Crippen molar-refractivity contribution in [1.82, 2.24) is 10.2 Å². The van der Waals surface area contributed by atoms with Gasteiger partial charge in [-0.2, -0.15) is 0 Å². The number of amides is 2. The first-order valence-corrected chi connectivity index (χ1v) is 11.0. The minimum absolute atomic E-state index is 0.00662. The first-order valence-electron chi connectivity index (χ1n) is 11.0. The molecule has 0 bridgehead atoms. The Morgan fingerprint density at radius 3 is 2.45 bits per heavy atom. The highest BCUT2D eigenvalue weighted by atomic mass is 16.5. The zero-order valence-electron chi connectivity index (χ0n) is 19.0. The minimum Gasteiger partial charge on any atom is -0.496 e. The van der Waals surface area contributed by atoms with Crippen LogP contribution in [-0.2, 0) is 11.3 Å². The van der Waals surface area contributed by atoms with Gasteiger partial charge in [-0.1, -0.05) is 55.8 Å². The summed E-state index contributed by atoms with van der Waals surface area (Å²) >= 11 is 0. The number of nitrogens with one attached hydrogen (secondary N) is 2. The van der Waals surface area contributed by atoms with Crippen LogP contribution in [0.4, 0.5) is 0 Å². The van der Waals surface area contributed by atoms with Crippen molar-refractivity contribution < 1.29 is 19.2 Å². The van der Waals surface area contributed by atoms with Crippen LogP contribution in [0.15, 0.2) is 48.5 Å². The van der Waals surface area contributed by atoms with Gasteiger partial charge in [0.2, 0.25) is 5.91 Å². The Morgan fingerprint density at radius 2 is 1.81 bits per heavy atom. The van der Waals surface area contributed by atoms with Crippen molar-refractivity contribution in [2.45, 2.75) is 33.4 Å². The molecule has 6 nitrogen and oxygen atoms in total. The van der Waals surface area contributed by atoms with Gasteiger partial charge in [-0.25, -0.2) is 0 Å². The zero-order chi connectivity index (χ0) is 22.4. The molecule has 3 rings (SSSR count). The Bertz CT molecular complexity index is 904. The maximum atomic E-state index is 13.2. The molecule has 31 heavy (non-hydrogen) atoms. The number of ether oxygens (including phenoxy) is 1.